The highest BCUT2D eigenvalue weighted by atomic mass is 32.2. The number of amides is 1. The molecule has 1 aromatic carbocycles. The second kappa shape index (κ2) is 6.96. The Morgan fingerprint density at radius 3 is 2.53 bits per heavy atom. The van der Waals surface area contributed by atoms with Crippen LogP contribution in [0.25, 0.3) is 0 Å². The van der Waals surface area contributed by atoms with Gasteiger partial charge in [-0.1, -0.05) is 18.2 Å². The third-order valence-corrected chi connectivity index (χ3v) is 3.19. The van der Waals surface area contributed by atoms with E-state index >= 15 is 0 Å². The van der Waals surface area contributed by atoms with E-state index in [4.69, 9.17) is 5.11 Å². The van der Waals surface area contributed by atoms with Crippen molar-refractivity contribution in [2.24, 2.45) is 0 Å². The van der Waals surface area contributed by atoms with Crippen LogP contribution in [0.5, 0.6) is 0 Å². The van der Waals surface area contributed by atoms with Crippen molar-refractivity contribution in [1.82, 2.24) is 4.90 Å². The number of carboxylic acid groups (broad SMARTS) is 1. The minimum absolute atomic E-state index is 0.0156. The summed E-state index contributed by atoms with van der Waals surface area (Å²) in [5, 5.41) is 8.51. The number of hydrogen-bond acceptors (Lipinski definition) is 3. The Balaban J connectivity index is 2.32. The van der Waals surface area contributed by atoms with Crippen molar-refractivity contribution in [3.8, 4) is 0 Å². The Morgan fingerprint density at radius 2 is 1.94 bits per heavy atom. The first kappa shape index (κ1) is 13.6. The number of carbonyl (C=O) groups is 2. The Morgan fingerprint density at radius 1 is 1.29 bits per heavy atom. The highest BCUT2D eigenvalue weighted by Gasteiger charge is 2.10. The van der Waals surface area contributed by atoms with Crippen LogP contribution < -0.4 is 0 Å². The van der Waals surface area contributed by atoms with E-state index in [2.05, 4.69) is 0 Å². The first-order valence-corrected chi connectivity index (χ1v) is 6.22. The summed E-state index contributed by atoms with van der Waals surface area (Å²) in [5.74, 6) is -0.611. The summed E-state index contributed by atoms with van der Waals surface area (Å²) >= 11 is 1.45. The lowest BCUT2D eigenvalue weighted by molar-refractivity contribution is -0.137. The van der Waals surface area contributed by atoms with Gasteiger partial charge < -0.3 is 10.0 Å². The minimum Gasteiger partial charge on any atom is -0.481 e. The molecular weight excluding hydrogens is 238 g/mol. The number of carbonyl (C=O) groups excluding carboxylic acids is 1. The van der Waals surface area contributed by atoms with Gasteiger partial charge in [0.05, 0.1) is 12.2 Å². The minimum atomic E-state index is -0.889. The van der Waals surface area contributed by atoms with Crippen LogP contribution in [0.1, 0.15) is 6.42 Å². The summed E-state index contributed by atoms with van der Waals surface area (Å²) in [6, 6.07) is 9.64. The topological polar surface area (TPSA) is 57.6 Å². The molecule has 1 rings (SSSR count). The predicted octanol–water partition coefficient (Wildman–Crippen LogP) is 1.71. The van der Waals surface area contributed by atoms with E-state index in [1.807, 2.05) is 30.3 Å². The Labute approximate surface area is 105 Å². The van der Waals surface area contributed by atoms with Gasteiger partial charge in [0.25, 0.3) is 0 Å². The Kier molecular flexibility index (Phi) is 5.56. The fraction of sp³-hybridized carbons (Fsp3) is 0.333. The normalized spacial score (nSPS) is 9.94. The largest absolute Gasteiger partial charge is 0.481 e. The lowest BCUT2D eigenvalue weighted by atomic mass is 10.4. The third-order valence-electron chi connectivity index (χ3n) is 2.19. The molecular formula is C12H15NO3S. The summed E-state index contributed by atoms with van der Waals surface area (Å²) in [4.78, 5) is 24.5. The van der Waals surface area contributed by atoms with Crippen LogP contribution in [0.4, 0.5) is 0 Å². The zero-order valence-corrected chi connectivity index (χ0v) is 10.4. The van der Waals surface area contributed by atoms with E-state index in [0.717, 1.165) is 4.90 Å². The number of aliphatic carboxylic acids is 1. The SMILES string of the molecule is CN(CCC(=O)O)C(=O)CSc1ccccc1. The Hall–Kier alpha value is -1.49. The van der Waals surface area contributed by atoms with Crippen LogP contribution >= 0.6 is 11.8 Å². The fourth-order valence-electron chi connectivity index (χ4n) is 1.16. The van der Waals surface area contributed by atoms with Gasteiger partial charge in [0, 0.05) is 18.5 Å². The van der Waals surface area contributed by atoms with E-state index < -0.39 is 5.97 Å². The molecule has 17 heavy (non-hydrogen) atoms. The van der Waals surface area contributed by atoms with Crippen LogP contribution in [0.15, 0.2) is 35.2 Å². The molecule has 0 bridgehead atoms. The number of carboxylic acids is 1. The molecule has 5 heteroatoms. The molecule has 0 radical (unpaired) electrons. The fourth-order valence-corrected chi connectivity index (χ4v) is 2.02. The quantitative estimate of drug-likeness (QED) is 0.784. The van der Waals surface area contributed by atoms with Crippen molar-refractivity contribution in [2.75, 3.05) is 19.3 Å². The number of nitrogens with zero attached hydrogens (tertiary/aromatic N) is 1. The van der Waals surface area contributed by atoms with Crippen LogP contribution in [-0.2, 0) is 9.59 Å². The number of hydrogen-bond donors (Lipinski definition) is 1. The van der Waals surface area contributed by atoms with Crippen molar-refractivity contribution in [3.63, 3.8) is 0 Å². The van der Waals surface area contributed by atoms with Gasteiger partial charge in [-0.15, -0.1) is 11.8 Å². The molecule has 92 valence electrons. The molecule has 0 spiro atoms. The molecule has 0 aromatic heterocycles. The van der Waals surface area contributed by atoms with Crippen molar-refractivity contribution in [3.05, 3.63) is 30.3 Å². The molecule has 0 heterocycles. The average Bonchev–Trinajstić information content (AvgIpc) is 2.34. The number of thioether (sulfide) groups is 1. The highest BCUT2D eigenvalue weighted by Crippen LogP contribution is 2.17. The zero-order valence-electron chi connectivity index (χ0n) is 9.63. The summed E-state index contributed by atoms with van der Waals surface area (Å²) < 4.78 is 0. The van der Waals surface area contributed by atoms with Gasteiger partial charge in [0.1, 0.15) is 0 Å². The molecule has 0 unspecified atom stereocenters. The first-order valence-electron chi connectivity index (χ1n) is 5.23. The molecule has 4 nitrogen and oxygen atoms in total. The van der Waals surface area contributed by atoms with E-state index in [1.165, 1.54) is 16.7 Å². The molecule has 0 aliphatic heterocycles. The van der Waals surface area contributed by atoms with Gasteiger partial charge in [0.15, 0.2) is 0 Å². The summed E-state index contributed by atoms with van der Waals surface area (Å²) in [7, 11) is 1.62. The molecule has 1 aromatic rings. The summed E-state index contributed by atoms with van der Waals surface area (Å²) in [6.07, 6.45) is -0.0156. The maximum absolute atomic E-state index is 11.6. The maximum atomic E-state index is 11.6. The molecule has 0 saturated heterocycles. The maximum Gasteiger partial charge on any atom is 0.305 e. The Bertz CT molecular complexity index is 381. The predicted molar refractivity (Wildman–Crippen MR) is 67.1 cm³/mol. The molecule has 0 atom stereocenters. The van der Waals surface area contributed by atoms with Crippen LogP contribution in [0.2, 0.25) is 0 Å². The summed E-state index contributed by atoms with van der Waals surface area (Å²) in [5.41, 5.74) is 0. The van der Waals surface area contributed by atoms with E-state index in [1.54, 1.807) is 7.05 Å². The van der Waals surface area contributed by atoms with Gasteiger partial charge in [-0.05, 0) is 12.1 Å². The lowest BCUT2D eigenvalue weighted by Gasteiger charge is -2.15. The van der Waals surface area contributed by atoms with E-state index in [0.29, 0.717) is 5.75 Å². The van der Waals surface area contributed by atoms with E-state index in [9.17, 15) is 9.59 Å². The van der Waals surface area contributed by atoms with Crippen molar-refractivity contribution >= 4 is 23.6 Å². The highest BCUT2D eigenvalue weighted by molar-refractivity contribution is 8.00. The molecule has 0 fully saturated rings. The standard InChI is InChI=1S/C12H15NO3S/c1-13(8-7-12(15)16)11(14)9-17-10-5-3-2-4-6-10/h2-6H,7-9H2,1H3,(H,15,16). The van der Waals surface area contributed by atoms with Crippen molar-refractivity contribution < 1.29 is 14.7 Å². The third kappa shape index (κ3) is 5.40. The average molecular weight is 253 g/mol. The van der Waals surface area contributed by atoms with Crippen LogP contribution in [0, 0.1) is 0 Å². The zero-order chi connectivity index (χ0) is 12.7. The summed E-state index contributed by atoms with van der Waals surface area (Å²) in [6.45, 7) is 0.253. The smallest absolute Gasteiger partial charge is 0.305 e. The molecule has 0 aliphatic carbocycles. The molecule has 0 saturated carbocycles. The van der Waals surface area contributed by atoms with Crippen molar-refractivity contribution in [1.29, 1.82) is 0 Å². The molecule has 1 N–H and O–H groups in total. The van der Waals surface area contributed by atoms with Gasteiger partial charge >= 0.3 is 5.97 Å². The first-order chi connectivity index (χ1) is 8.09. The monoisotopic (exact) mass is 253 g/mol. The van der Waals surface area contributed by atoms with E-state index in [-0.39, 0.29) is 18.9 Å². The van der Waals surface area contributed by atoms with Crippen LogP contribution in [0.3, 0.4) is 0 Å². The van der Waals surface area contributed by atoms with Crippen molar-refractivity contribution in [2.45, 2.75) is 11.3 Å². The second-order valence-corrected chi connectivity index (χ2v) is 4.61. The lowest BCUT2D eigenvalue weighted by Crippen LogP contribution is -2.30. The second-order valence-electron chi connectivity index (χ2n) is 3.56. The molecule has 0 aliphatic rings. The number of benzene rings is 1. The van der Waals surface area contributed by atoms with Gasteiger partial charge in [-0.2, -0.15) is 0 Å². The van der Waals surface area contributed by atoms with Crippen LogP contribution in [-0.4, -0.2) is 41.2 Å². The van der Waals surface area contributed by atoms with Gasteiger partial charge in [-0.3, -0.25) is 9.59 Å². The van der Waals surface area contributed by atoms with Gasteiger partial charge in [-0.25, -0.2) is 0 Å². The molecule has 1 amide bonds. The van der Waals surface area contributed by atoms with Gasteiger partial charge in [0.2, 0.25) is 5.91 Å². The number of rotatable bonds is 6.